The summed E-state index contributed by atoms with van der Waals surface area (Å²) in [6.07, 6.45) is 1.71. The van der Waals surface area contributed by atoms with Crippen LogP contribution in [0.25, 0.3) is 0 Å². The highest BCUT2D eigenvalue weighted by molar-refractivity contribution is 5.87. The second-order valence-electron chi connectivity index (χ2n) is 4.19. The van der Waals surface area contributed by atoms with E-state index in [4.69, 9.17) is 4.74 Å². The monoisotopic (exact) mass is 243 g/mol. The van der Waals surface area contributed by atoms with E-state index in [-0.39, 0.29) is 5.97 Å². The lowest BCUT2D eigenvalue weighted by Crippen LogP contribution is -2.01. The minimum absolute atomic E-state index is 0.316. The second-order valence-corrected chi connectivity index (χ2v) is 4.19. The molecule has 0 aliphatic heterocycles. The number of aromatic nitrogens is 1. The highest BCUT2D eigenvalue weighted by Gasteiger charge is 2.13. The molecule has 94 valence electrons. The maximum atomic E-state index is 11.5. The molecular formula is C15H17NO2. The smallest absolute Gasteiger partial charge is 0.354 e. The summed E-state index contributed by atoms with van der Waals surface area (Å²) in [5.41, 5.74) is 4.01. The SMILES string of the molecule is CCc1cc(C(=O)OC)[nH]c1Cc1ccccc1. The lowest BCUT2D eigenvalue weighted by Gasteiger charge is -2.02. The van der Waals surface area contributed by atoms with Crippen LogP contribution in [0.2, 0.25) is 0 Å². The fourth-order valence-corrected chi connectivity index (χ4v) is 2.03. The van der Waals surface area contributed by atoms with Crippen LogP contribution < -0.4 is 0 Å². The van der Waals surface area contributed by atoms with Crippen molar-refractivity contribution < 1.29 is 9.53 Å². The third-order valence-electron chi connectivity index (χ3n) is 3.00. The molecule has 3 nitrogen and oxygen atoms in total. The van der Waals surface area contributed by atoms with Gasteiger partial charge in [0.05, 0.1) is 7.11 Å². The molecule has 0 aliphatic carbocycles. The Kier molecular flexibility index (Phi) is 3.82. The number of esters is 1. The van der Waals surface area contributed by atoms with Crippen molar-refractivity contribution in [2.75, 3.05) is 7.11 Å². The third-order valence-corrected chi connectivity index (χ3v) is 3.00. The van der Waals surface area contributed by atoms with Gasteiger partial charge in [0, 0.05) is 12.1 Å². The quantitative estimate of drug-likeness (QED) is 0.839. The highest BCUT2D eigenvalue weighted by atomic mass is 16.5. The summed E-state index contributed by atoms with van der Waals surface area (Å²) in [7, 11) is 1.39. The van der Waals surface area contributed by atoms with Gasteiger partial charge in [0.25, 0.3) is 0 Å². The summed E-state index contributed by atoms with van der Waals surface area (Å²) < 4.78 is 4.73. The average molecular weight is 243 g/mol. The topological polar surface area (TPSA) is 42.1 Å². The predicted molar refractivity (Wildman–Crippen MR) is 70.8 cm³/mol. The Hall–Kier alpha value is -2.03. The van der Waals surface area contributed by atoms with Crippen molar-refractivity contribution in [2.24, 2.45) is 0 Å². The molecule has 0 saturated heterocycles. The molecule has 2 aromatic rings. The minimum atomic E-state index is -0.316. The van der Waals surface area contributed by atoms with Crippen molar-refractivity contribution in [3.63, 3.8) is 0 Å². The van der Waals surface area contributed by atoms with Gasteiger partial charge in [0.15, 0.2) is 0 Å². The van der Waals surface area contributed by atoms with E-state index in [1.54, 1.807) is 0 Å². The first kappa shape index (κ1) is 12.4. The van der Waals surface area contributed by atoms with Gasteiger partial charge in [-0.3, -0.25) is 0 Å². The second kappa shape index (κ2) is 5.54. The number of H-pyrrole nitrogens is 1. The van der Waals surface area contributed by atoms with E-state index >= 15 is 0 Å². The lowest BCUT2D eigenvalue weighted by molar-refractivity contribution is 0.0594. The number of benzene rings is 1. The maximum Gasteiger partial charge on any atom is 0.354 e. The first-order valence-corrected chi connectivity index (χ1v) is 6.07. The molecule has 1 N–H and O–H groups in total. The van der Waals surface area contributed by atoms with E-state index in [0.717, 1.165) is 18.5 Å². The van der Waals surface area contributed by atoms with E-state index in [1.165, 1.54) is 18.2 Å². The molecule has 18 heavy (non-hydrogen) atoms. The van der Waals surface area contributed by atoms with Gasteiger partial charge in [-0.2, -0.15) is 0 Å². The Balaban J connectivity index is 2.27. The van der Waals surface area contributed by atoms with Crippen LogP contribution in [0.4, 0.5) is 0 Å². The zero-order valence-corrected chi connectivity index (χ0v) is 10.7. The minimum Gasteiger partial charge on any atom is -0.464 e. The van der Waals surface area contributed by atoms with Gasteiger partial charge in [-0.05, 0) is 23.6 Å². The number of carbonyl (C=O) groups is 1. The van der Waals surface area contributed by atoms with Gasteiger partial charge in [-0.1, -0.05) is 37.3 Å². The Bertz CT molecular complexity index is 529. The zero-order chi connectivity index (χ0) is 13.0. The van der Waals surface area contributed by atoms with Crippen LogP contribution in [0.3, 0.4) is 0 Å². The average Bonchev–Trinajstić information content (AvgIpc) is 2.82. The number of hydrogen-bond donors (Lipinski definition) is 1. The fraction of sp³-hybridized carbons (Fsp3) is 0.267. The van der Waals surface area contributed by atoms with Gasteiger partial charge in [-0.15, -0.1) is 0 Å². The molecule has 0 atom stereocenters. The van der Waals surface area contributed by atoms with Crippen LogP contribution in [0.1, 0.15) is 34.2 Å². The fourth-order valence-electron chi connectivity index (χ4n) is 2.03. The third kappa shape index (κ3) is 2.62. The van der Waals surface area contributed by atoms with E-state index in [2.05, 4.69) is 24.0 Å². The molecule has 3 heteroatoms. The van der Waals surface area contributed by atoms with Crippen LogP contribution in [-0.2, 0) is 17.6 Å². The van der Waals surface area contributed by atoms with E-state index < -0.39 is 0 Å². The number of methoxy groups -OCH3 is 1. The number of carbonyl (C=O) groups excluding carboxylic acids is 1. The Morgan fingerprint density at radius 2 is 2.00 bits per heavy atom. The van der Waals surface area contributed by atoms with E-state index in [0.29, 0.717) is 5.69 Å². The molecule has 0 bridgehead atoms. The standard InChI is InChI=1S/C15H17NO2/c1-3-12-10-14(15(17)18-2)16-13(12)9-11-7-5-4-6-8-11/h4-8,10,16H,3,9H2,1-2H3. The molecule has 0 fully saturated rings. The van der Waals surface area contributed by atoms with Crippen LogP contribution in [-0.4, -0.2) is 18.1 Å². The summed E-state index contributed by atoms with van der Waals surface area (Å²) in [5, 5.41) is 0. The number of ether oxygens (including phenoxy) is 1. The molecule has 1 aromatic heterocycles. The molecule has 0 aliphatic rings. The molecular weight excluding hydrogens is 226 g/mol. The molecule has 0 unspecified atom stereocenters. The first-order valence-electron chi connectivity index (χ1n) is 6.07. The van der Waals surface area contributed by atoms with Crippen molar-refractivity contribution in [1.29, 1.82) is 0 Å². The Morgan fingerprint density at radius 1 is 1.28 bits per heavy atom. The van der Waals surface area contributed by atoms with Gasteiger partial charge in [0.1, 0.15) is 5.69 Å². The molecule has 1 heterocycles. The van der Waals surface area contributed by atoms with Crippen LogP contribution in [0, 0.1) is 0 Å². The maximum absolute atomic E-state index is 11.5. The van der Waals surface area contributed by atoms with Gasteiger partial charge in [0.2, 0.25) is 0 Å². The largest absolute Gasteiger partial charge is 0.464 e. The van der Waals surface area contributed by atoms with E-state index in [9.17, 15) is 4.79 Å². The summed E-state index contributed by atoms with van der Waals surface area (Å²) in [4.78, 5) is 14.7. The highest BCUT2D eigenvalue weighted by Crippen LogP contribution is 2.16. The molecule has 0 amide bonds. The summed E-state index contributed by atoms with van der Waals surface area (Å²) in [6.45, 7) is 2.08. The number of aryl methyl sites for hydroxylation is 1. The molecule has 1 aromatic carbocycles. The van der Waals surface area contributed by atoms with Crippen molar-refractivity contribution in [2.45, 2.75) is 19.8 Å². The van der Waals surface area contributed by atoms with E-state index in [1.807, 2.05) is 24.3 Å². The molecule has 0 spiro atoms. The van der Waals surface area contributed by atoms with Crippen molar-refractivity contribution in [3.8, 4) is 0 Å². The summed E-state index contributed by atoms with van der Waals surface area (Å²) in [5.74, 6) is -0.316. The van der Waals surface area contributed by atoms with Gasteiger partial charge in [-0.25, -0.2) is 4.79 Å². The number of hydrogen-bond acceptors (Lipinski definition) is 2. The number of nitrogens with one attached hydrogen (secondary N) is 1. The molecule has 0 radical (unpaired) electrons. The predicted octanol–water partition coefficient (Wildman–Crippen LogP) is 2.95. The number of rotatable bonds is 4. The van der Waals surface area contributed by atoms with Gasteiger partial charge >= 0.3 is 5.97 Å². The number of aromatic amines is 1. The zero-order valence-electron chi connectivity index (χ0n) is 10.7. The van der Waals surface area contributed by atoms with Crippen molar-refractivity contribution in [3.05, 3.63) is 58.9 Å². The normalized spacial score (nSPS) is 10.3. The summed E-state index contributed by atoms with van der Waals surface area (Å²) in [6, 6.07) is 12.1. The molecule has 0 saturated carbocycles. The van der Waals surface area contributed by atoms with Crippen LogP contribution in [0.15, 0.2) is 36.4 Å². The van der Waals surface area contributed by atoms with Crippen LogP contribution in [0.5, 0.6) is 0 Å². The Morgan fingerprint density at radius 3 is 2.61 bits per heavy atom. The van der Waals surface area contributed by atoms with Crippen LogP contribution >= 0.6 is 0 Å². The van der Waals surface area contributed by atoms with Crippen molar-refractivity contribution in [1.82, 2.24) is 4.98 Å². The summed E-state index contributed by atoms with van der Waals surface area (Å²) >= 11 is 0. The lowest BCUT2D eigenvalue weighted by atomic mass is 10.1. The van der Waals surface area contributed by atoms with Crippen molar-refractivity contribution >= 4 is 5.97 Å². The molecule has 2 rings (SSSR count). The first-order chi connectivity index (χ1) is 8.74. The van der Waals surface area contributed by atoms with Gasteiger partial charge < -0.3 is 9.72 Å². The Labute approximate surface area is 107 Å².